The summed E-state index contributed by atoms with van der Waals surface area (Å²) in [7, 11) is 0. The highest BCUT2D eigenvalue weighted by atomic mass is 127. The van der Waals surface area contributed by atoms with Crippen molar-refractivity contribution in [2.45, 2.75) is 20.3 Å². The Kier molecular flexibility index (Phi) is 10.7. The van der Waals surface area contributed by atoms with Gasteiger partial charge in [0.05, 0.1) is 5.01 Å². The lowest BCUT2D eigenvalue weighted by atomic mass is 10.3. The molecule has 0 atom stereocenters. The van der Waals surface area contributed by atoms with Crippen molar-refractivity contribution in [1.82, 2.24) is 20.1 Å². The van der Waals surface area contributed by atoms with Gasteiger partial charge in [-0.2, -0.15) is 0 Å². The number of para-hydroxylation sites is 1. The lowest BCUT2D eigenvalue weighted by Crippen LogP contribution is -2.53. The molecule has 2 aromatic rings. The number of benzene rings is 1. The smallest absolute Gasteiger partial charge is 0.194 e. The number of hydrogen-bond acceptors (Lipinski definition) is 5. The molecule has 1 fully saturated rings. The van der Waals surface area contributed by atoms with Crippen molar-refractivity contribution in [2.75, 3.05) is 52.4 Å². The first kappa shape index (κ1) is 23.9. The van der Waals surface area contributed by atoms with Crippen LogP contribution in [0.5, 0.6) is 5.75 Å². The third-order valence-corrected chi connectivity index (χ3v) is 5.66. The van der Waals surface area contributed by atoms with Crippen LogP contribution in [0.25, 0.3) is 0 Å². The second-order valence-electron chi connectivity index (χ2n) is 6.84. The summed E-state index contributed by atoms with van der Waals surface area (Å²) < 4.78 is 5.82. The molecule has 29 heavy (non-hydrogen) atoms. The normalized spacial score (nSPS) is 15.1. The van der Waals surface area contributed by atoms with Gasteiger partial charge in [0.15, 0.2) is 5.96 Å². The Morgan fingerprint density at radius 3 is 2.62 bits per heavy atom. The maximum Gasteiger partial charge on any atom is 0.194 e. The van der Waals surface area contributed by atoms with E-state index >= 15 is 0 Å². The van der Waals surface area contributed by atoms with E-state index in [0.29, 0.717) is 0 Å². The van der Waals surface area contributed by atoms with Crippen LogP contribution in [0.4, 0.5) is 0 Å². The van der Waals surface area contributed by atoms with E-state index in [-0.39, 0.29) is 24.0 Å². The Morgan fingerprint density at radius 1 is 1.21 bits per heavy atom. The predicted molar refractivity (Wildman–Crippen MR) is 132 cm³/mol. The van der Waals surface area contributed by atoms with Crippen molar-refractivity contribution < 1.29 is 4.74 Å². The number of rotatable bonds is 8. The van der Waals surface area contributed by atoms with Crippen LogP contribution in [-0.2, 0) is 6.42 Å². The lowest BCUT2D eigenvalue weighted by Gasteiger charge is -2.36. The molecule has 8 heteroatoms. The van der Waals surface area contributed by atoms with E-state index in [1.165, 1.54) is 9.88 Å². The van der Waals surface area contributed by atoms with Gasteiger partial charge in [0.2, 0.25) is 0 Å². The zero-order valence-corrected chi connectivity index (χ0v) is 20.5. The van der Waals surface area contributed by atoms with Gasteiger partial charge in [0.25, 0.3) is 0 Å². The number of hydrogen-bond donors (Lipinski definition) is 1. The molecule has 0 unspecified atom stereocenters. The highest BCUT2D eigenvalue weighted by molar-refractivity contribution is 14.0. The fourth-order valence-electron chi connectivity index (χ4n) is 3.19. The number of halogens is 1. The summed E-state index contributed by atoms with van der Waals surface area (Å²) in [6.07, 6.45) is 2.85. The molecular weight excluding hydrogens is 497 g/mol. The summed E-state index contributed by atoms with van der Waals surface area (Å²) in [5.41, 5.74) is 0. The molecule has 1 N–H and O–H groups in total. The molecule has 0 amide bonds. The molecule has 1 aromatic heterocycles. The SMILES string of the molecule is CCNC(=NCCc1ncc(C)s1)N1CCN(CCOc2ccccc2)CC1.I. The molecular formula is C21H32IN5OS. The third kappa shape index (κ3) is 8.10. The quantitative estimate of drug-likeness (QED) is 0.323. The van der Waals surface area contributed by atoms with Crippen LogP contribution in [-0.4, -0.2) is 73.2 Å². The van der Waals surface area contributed by atoms with Crippen LogP contribution >= 0.6 is 35.3 Å². The van der Waals surface area contributed by atoms with E-state index in [9.17, 15) is 0 Å². The first-order chi connectivity index (χ1) is 13.7. The number of ether oxygens (including phenoxy) is 1. The highest BCUT2D eigenvalue weighted by Crippen LogP contribution is 2.12. The summed E-state index contributed by atoms with van der Waals surface area (Å²) in [6.45, 7) is 11.6. The molecule has 0 saturated carbocycles. The van der Waals surface area contributed by atoms with Crippen molar-refractivity contribution in [2.24, 2.45) is 4.99 Å². The minimum absolute atomic E-state index is 0. The topological polar surface area (TPSA) is 53.0 Å². The van der Waals surface area contributed by atoms with E-state index in [2.05, 4.69) is 33.9 Å². The number of guanidine groups is 1. The Balaban J connectivity index is 0.00000300. The number of aryl methyl sites for hydroxylation is 1. The first-order valence-electron chi connectivity index (χ1n) is 10.1. The van der Waals surface area contributed by atoms with Crippen LogP contribution < -0.4 is 10.1 Å². The van der Waals surface area contributed by atoms with Crippen molar-refractivity contribution in [3.63, 3.8) is 0 Å². The molecule has 6 nitrogen and oxygen atoms in total. The summed E-state index contributed by atoms with van der Waals surface area (Å²) in [5.74, 6) is 1.97. The van der Waals surface area contributed by atoms with Crippen LogP contribution in [0.1, 0.15) is 16.8 Å². The van der Waals surface area contributed by atoms with E-state index in [0.717, 1.165) is 70.6 Å². The average molecular weight is 529 g/mol. The average Bonchev–Trinajstić information content (AvgIpc) is 3.14. The van der Waals surface area contributed by atoms with Gasteiger partial charge in [-0.3, -0.25) is 9.89 Å². The molecule has 0 bridgehead atoms. The van der Waals surface area contributed by atoms with Crippen LogP contribution in [0.15, 0.2) is 41.5 Å². The number of nitrogens with zero attached hydrogens (tertiary/aromatic N) is 4. The van der Waals surface area contributed by atoms with Crippen molar-refractivity contribution in [3.8, 4) is 5.75 Å². The van der Waals surface area contributed by atoms with E-state index in [4.69, 9.17) is 9.73 Å². The van der Waals surface area contributed by atoms with Crippen molar-refractivity contribution >= 4 is 41.3 Å². The number of piperazine rings is 1. The molecule has 3 rings (SSSR count). The summed E-state index contributed by atoms with van der Waals surface area (Å²) >= 11 is 1.76. The zero-order valence-electron chi connectivity index (χ0n) is 17.3. The Morgan fingerprint density at radius 2 is 1.97 bits per heavy atom. The summed E-state index contributed by atoms with van der Waals surface area (Å²) in [6, 6.07) is 10.0. The molecule has 0 spiro atoms. The Labute approximate surface area is 195 Å². The molecule has 0 aliphatic carbocycles. The number of aliphatic imine (C=N–C) groups is 1. The number of thiazole rings is 1. The van der Waals surface area contributed by atoms with E-state index in [1.54, 1.807) is 11.3 Å². The van der Waals surface area contributed by atoms with Gasteiger partial charge >= 0.3 is 0 Å². The van der Waals surface area contributed by atoms with Gasteiger partial charge in [0, 0.05) is 63.3 Å². The highest BCUT2D eigenvalue weighted by Gasteiger charge is 2.19. The summed E-state index contributed by atoms with van der Waals surface area (Å²) in [5, 5.41) is 4.61. The fraction of sp³-hybridized carbons (Fsp3) is 0.524. The van der Waals surface area contributed by atoms with Gasteiger partial charge in [-0.1, -0.05) is 18.2 Å². The van der Waals surface area contributed by atoms with E-state index < -0.39 is 0 Å². The maximum absolute atomic E-state index is 5.82. The molecule has 1 aliphatic rings. The zero-order chi connectivity index (χ0) is 19.6. The van der Waals surface area contributed by atoms with E-state index in [1.807, 2.05) is 36.5 Å². The van der Waals surface area contributed by atoms with Gasteiger partial charge in [-0.25, -0.2) is 4.98 Å². The fourth-order valence-corrected chi connectivity index (χ4v) is 3.97. The Hall–Kier alpha value is -1.39. The molecule has 1 aliphatic heterocycles. The van der Waals surface area contributed by atoms with Crippen LogP contribution in [0, 0.1) is 6.92 Å². The second kappa shape index (κ2) is 13.0. The van der Waals surface area contributed by atoms with Crippen molar-refractivity contribution in [1.29, 1.82) is 0 Å². The van der Waals surface area contributed by atoms with Gasteiger partial charge in [-0.15, -0.1) is 35.3 Å². The lowest BCUT2D eigenvalue weighted by molar-refractivity contribution is 0.152. The van der Waals surface area contributed by atoms with Gasteiger partial charge < -0.3 is 15.0 Å². The largest absolute Gasteiger partial charge is 0.492 e. The second-order valence-corrected chi connectivity index (χ2v) is 8.16. The van der Waals surface area contributed by atoms with Crippen LogP contribution in [0.2, 0.25) is 0 Å². The van der Waals surface area contributed by atoms with Crippen molar-refractivity contribution in [3.05, 3.63) is 46.4 Å². The maximum atomic E-state index is 5.82. The molecule has 0 radical (unpaired) electrons. The van der Waals surface area contributed by atoms with Gasteiger partial charge in [-0.05, 0) is 26.0 Å². The Bertz CT molecular complexity index is 732. The summed E-state index contributed by atoms with van der Waals surface area (Å²) in [4.78, 5) is 15.3. The third-order valence-electron chi connectivity index (χ3n) is 4.68. The van der Waals surface area contributed by atoms with Crippen LogP contribution in [0.3, 0.4) is 0 Å². The molecule has 2 heterocycles. The molecule has 160 valence electrons. The number of aromatic nitrogens is 1. The first-order valence-corrected chi connectivity index (χ1v) is 10.9. The minimum atomic E-state index is 0. The monoisotopic (exact) mass is 529 g/mol. The number of nitrogens with one attached hydrogen (secondary N) is 1. The van der Waals surface area contributed by atoms with Gasteiger partial charge in [0.1, 0.15) is 12.4 Å². The molecule has 1 aromatic carbocycles. The molecule has 1 saturated heterocycles. The minimum Gasteiger partial charge on any atom is -0.492 e. The predicted octanol–water partition coefficient (Wildman–Crippen LogP) is 3.27. The standard InChI is InChI=1S/C21H31N5OS.HI/c1-3-22-21(23-10-9-20-24-17-18(2)28-20)26-13-11-25(12-14-26)15-16-27-19-7-5-4-6-8-19;/h4-8,17H,3,9-16H2,1-2H3,(H,22,23);1H.